The molecule has 17 aromatic rings. The van der Waals surface area contributed by atoms with Crippen molar-refractivity contribution in [3.05, 3.63) is 255 Å². The van der Waals surface area contributed by atoms with Gasteiger partial charge in [-0.3, -0.25) is 0 Å². The van der Waals surface area contributed by atoms with Gasteiger partial charge in [0.05, 0.1) is 0 Å². The Hall–Kier alpha value is -10.4. The molecule has 0 bridgehead atoms. The molecular formula is C74H42N6S2. The average Bonchev–Trinajstić information content (AvgIpc) is 3.80. The van der Waals surface area contributed by atoms with E-state index in [-0.39, 0.29) is 0 Å². The van der Waals surface area contributed by atoms with Gasteiger partial charge in [0, 0.05) is 84.5 Å². The lowest BCUT2D eigenvalue weighted by Gasteiger charge is -2.11. The third-order valence-electron chi connectivity index (χ3n) is 16.1. The number of rotatable bonds is 7. The number of fused-ring (bicyclic) bond motifs is 13. The van der Waals surface area contributed by atoms with Gasteiger partial charge in [0.15, 0.2) is 34.9 Å². The maximum atomic E-state index is 5.25. The average molecular weight is 1080 g/mol. The molecule has 0 aliphatic heterocycles. The second kappa shape index (κ2) is 18.6. The summed E-state index contributed by atoms with van der Waals surface area (Å²) in [5, 5.41) is 16.6. The van der Waals surface area contributed by atoms with Crippen molar-refractivity contribution in [2.45, 2.75) is 0 Å². The van der Waals surface area contributed by atoms with Crippen LogP contribution in [0.1, 0.15) is 0 Å². The van der Waals surface area contributed by atoms with Crippen LogP contribution in [-0.4, -0.2) is 29.9 Å². The van der Waals surface area contributed by atoms with Crippen molar-refractivity contribution in [3.8, 4) is 79.5 Å². The normalized spacial score (nSPS) is 11.9. The van der Waals surface area contributed by atoms with Gasteiger partial charge < -0.3 is 0 Å². The zero-order valence-electron chi connectivity index (χ0n) is 43.7. The van der Waals surface area contributed by atoms with Gasteiger partial charge in [0.1, 0.15) is 0 Å². The van der Waals surface area contributed by atoms with Crippen molar-refractivity contribution in [2.24, 2.45) is 0 Å². The quantitative estimate of drug-likeness (QED) is 0.158. The molecule has 8 heteroatoms. The number of hydrogen-bond acceptors (Lipinski definition) is 8. The zero-order valence-corrected chi connectivity index (χ0v) is 45.4. The maximum absolute atomic E-state index is 5.25. The van der Waals surface area contributed by atoms with Gasteiger partial charge >= 0.3 is 0 Å². The molecule has 17 rings (SSSR count). The number of aromatic nitrogens is 6. The summed E-state index contributed by atoms with van der Waals surface area (Å²) >= 11 is 3.67. The number of thiophene rings is 2. The Morgan fingerprint density at radius 2 is 0.585 bits per heavy atom. The monoisotopic (exact) mass is 1080 g/mol. The van der Waals surface area contributed by atoms with E-state index < -0.39 is 0 Å². The Bertz CT molecular complexity index is 5400. The molecule has 0 saturated carbocycles. The van der Waals surface area contributed by atoms with Gasteiger partial charge in [-0.15, -0.1) is 22.7 Å². The molecule has 6 nitrogen and oxygen atoms in total. The van der Waals surface area contributed by atoms with Crippen LogP contribution in [0.15, 0.2) is 255 Å². The van der Waals surface area contributed by atoms with Crippen molar-refractivity contribution in [1.29, 1.82) is 0 Å². The van der Waals surface area contributed by atoms with Gasteiger partial charge in [-0.1, -0.05) is 206 Å². The van der Waals surface area contributed by atoms with Gasteiger partial charge in [0.2, 0.25) is 0 Å². The Morgan fingerprint density at radius 1 is 0.195 bits per heavy atom. The summed E-state index contributed by atoms with van der Waals surface area (Å²) in [6, 6.07) is 90.8. The van der Waals surface area contributed by atoms with E-state index in [1.54, 1.807) is 0 Å². The summed E-state index contributed by atoms with van der Waals surface area (Å²) in [6.45, 7) is 0. The predicted octanol–water partition coefficient (Wildman–Crippen LogP) is 20.2. The molecular weight excluding hydrogens is 1040 g/mol. The minimum atomic E-state index is 0.634. The van der Waals surface area contributed by atoms with E-state index in [4.69, 9.17) is 29.9 Å². The molecule has 0 aliphatic carbocycles. The van der Waals surface area contributed by atoms with Crippen molar-refractivity contribution in [3.63, 3.8) is 0 Å². The van der Waals surface area contributed by atoms with Crippen molar-refractivity contribution in [1.82, 2.24) is 29.9 Å². The molecule has 0 aliphatic rings. The second-order valence-corrected chi connectivity index (χ2v) is 23.1. The van der Waals surface area contributed by atoms with Crippen molar-refractivity contribution >= 4 is 117 Å². The first kappa shape index (κ1) is 46.5. The smallest absolute Gasteiger partial charge is 0.164 e. The molecule has 13 aromatic carbocycles. The lowest BCUT2D eigenvalue weighted by Crippen LogP contribution is -2.00. The summed E-state index contributed by atoms with van der Waals surface area (Å²) in [5.74, 6) is 3.84. The largest absolute Gasteiger partial charge is 0.208 e. The van der Waals surface area contributed by atoms with Gasteiger partial charge in [-0.2, -0.15) is 0 Å². The summed E-state index contributed by atoms with van der Waals surface area (Å²) in [4.78, 5) is 31.1. The first-order chi connectivity index (χ1) is 40.5. The van der Waals surface area contributed by atoms with E-state index in [0.29, 0.717) is 34.9 Å². The van der Waals surface area contributed by atoms with Crippen LogP contribution in [-0.2, 0) is 0 Å². The lowest BCUT2D eigenvalue weighted by atomic mass is 9.97. The van der Waals surface area contributed by atoms with E-state index in [2.05, 4.69) is 237 Å². The highest BCUT2D eigenvalue weighted by atomic mass is 32.1. The molecule has 0 atom stereocenters. The third kappa shape index (κ3) is 7.83. The van der Waals surface area contributed by atoms with E-state index in [0.717, 1.165) is 71.4 Å². The second-order valence-electron chi connectivity index (χ2n) is 21.0. The Balaban J connectivity index is 0.728. The topological polar surface area (TPSA) is 77.3 Å². The van der Waals surface area contributed by atoms with Crippen LogP contribution in [0, 0.1) is 0 Å². The summed E-state index contributed by atoms with van der Waals surface area (Å²) in [7, 11) is 0. The first-order valence-corrected chi connectivity index (χ1v) is 29.0. The molecule has 0 fully saturated rings. The SMILES string of the molecule is c1ccc(-c2nc(-c3ccc4cc(-c5ccc6sc7c8cccc(-c9nc(-c%10ccc%11ccccc%11c%10)nc(-c%10ccc%11ccccc%11c%10)n9)c8ccc7c6c5)ccc4c3)nc(-c3ccc4ccc5c6ccccc6sc5c4c3)n2)cc1. The predicted molar refractivity (Wildman–Crippen MR) is 345 cm³/mol. The van der Waals surface area contributed by atoms with Crippen LogP contribution in [0.3, 0.4) is 0 Å². The number of nitrogens with zero attached hydrogens (tertiary/aromatic N) is 6. The van der Waals surface area contributed by atoms with Crippen molar-refractivity contribution in [2.75, 3.05) is 0 Å². The fraction of sp³-hybridized carbons (Fsp3) is 0. The van der Waals surface area contributed by atoms with E-state index in [1.165, 1.54) is 67.3 Å². The highest BCUT2D eigenvalue weighted by Crippen LogP contribution is 2.44. The molecule has 0 radical (unpaired) electrons. The van der Waals surface area contributed by atoms with Crippen LogP contribution >= 0.6 is 22.7 Å². The van der Waals surface area contributed by atoms with Gasteiger partial charge in [-0.05, 0) is 103 Å². The molecule has 0 amide bonds. The molecule has 4 aromatic heterocycles. The summed E-state index contributed by atoms with van der Waals surface area (Å²) < 4.78 is 5.04. The summed E-state index contributed by atoms with van der Waals surface area (Å²) in [6.07, 6.45) is 0. The fourth-order valence-corrected chi connectivity index (χ4v) is 14.4. The van der Waals surface area contributed by atoms with Gasteiger partial charge in [0.25, 0.3) is 0 Å². The molecule has 82 heavy (non-hydrogen) atoms. The number of hydrogen-bond donors (Lipinski definition) is 0. The van der Waals surface area contributed by atoms with Crippen LogP contribution in [0.25, 0.3) is 174 Å². The molecule has 0 N–H and O–H groups in total. The maximum Gasteiger partial charge on any atom is 0.164 e. The fourth-order valence-electron chi connectivity index (χ4n) is 11.9. The molecule has 0 spiro atoms. The molecule has 0 unspecified atom stereocenters. The first-order valence-electron chi connectivity index (χ1n) is 27.4. The minimum Gasteiger partial charge on any atom is -0.208 e. The standard InChI is InChI=1S/C74H42N6S2/c1-2-13-46(14-3-1)69-75-70(77-73(76-69)56-29-23-45-31-33-60-58-17-8-9-20-65(58)81-68(60)63(45)42-56)55-30-26-49-37-50(24-25-51(49)40-55)52-32-36-66-64(41-52)61-35-34-57-59(67(61)82-66)18-10-19-62(57)74-79-71(53-27-21-43-11-4-6-15-47(43)38-53)78-72(80-74)54-28-22-44-12-5-7-16-48(44)39-54/h1-42H. The van der Waals surface area contributed by atoms with Crippen LogP contribution in [0.2, 0.25) is 0 Å². The highest BCUT2D eigenvalue weighted by molar-refractivity contribution is 7.27. The summed E-state index contributed by atoms with van der Waals surface area (Å²) in [5.41, 5.74) is 8.00. The molecule has 380 valence electrons. The zero-order chi connectivity index (χ0) is 53.8. The number of benzene rings is 13. The molecule has 4 heterocycles. The lowest BCUT2D eigenvalue weighted by molar-refractivity contribution is 1.08. The Kier molecular flexibility index (Phi) is 10.6. The van der Waals surface area contributed by atoms with Gasteiger partial charge in [-0.25, -0.2) is 29.9 Å². The minimum absolute atomic E-state index is 0.634. The van der Waals surface area contributed by atoms with E-state index in [1.807, 2.05) is 40.9 Å². The van der Waals surface area contributed by atoms with Crippen LogP contribution in [0.5, 0.6) is 0 Å². The van der Waals surface area contributed by atoms with Crippen LogP contribution in [0.4, 0.5) is 0 Å². The van der Waals surface area contributed by atoms with Crippen molar-refractivity contribution < 1.29 is 0 Å². The Morgan fingerprint density at radius 3 is 1.26 bits per heavy atom. The highest BCUT2D eigenvalue weighted by Gasteiger charge is 2.20. The van der Waals surface area contributed by atoms with E-state index in [9.17, 15) is 0 Å². The van der Waals surface area contributed by atoms with Crippen LogP contribution < -0.4 is 0 Å². The molecule has 0 saturated heterocycles. The third-order valence-corrected chi connectivity index (χ3v) is 18.5. The van der Waals surface area contributed by atoms with E-state index >= 15 is 0 Å². The Labute approximate surface area is 478 Å².